The highest BCUT2D eigenvalue weighted by molar-refractivity contribution is 7.20. The highest BCUT2D eigenvalue weighted by atomic mass is 32.1. The van der Waals surface area contributed by atoms with E-state index >= 15 is 0 Å². The summed E-state index contributed by atoms with van der Waals surface area (Å²) < 4.78 is 17.4. The van der Waals surface area contributed by atoms with E-state index in [4.69, 9.17) is 19.2 Å². The fourth-order valence-electron chi connectivity index (χ4n) is 3.34. The molecule has 0 amide bonds. The Morgan fingerprint density at radius 3 is 2.41 bits per heavy atom. The van der Waals surface area contributed by atoms with E-state index in [1.807, 2.05) is 55.5 Å². The van der Waals surface area contributed by atoms with Gasteiger partial charge in [-0.2, -0.15) is 0 Å². The zero-order chi connectivity index (χ0) is 22.5. The molecule has 162 valence electrons. The van der Waals surface area contributed by atoms with Crippen molar-refractivity contribution in [2.24, 2.45) is 0 Å². The molecule has 32 heavy (non-hydrogen) atoms. The van der Waals surface area contributed by atoms with Crippen LogP contribution in [0.3, 0.4) is 0 Å². The molecule has 0 fully saturated rings. The number of allylic oxidation sites excluding steroid dienone is 1. The minimum Gasteiger partial charge on any atom is -0.497 e. The van der Waals surface area contributed by atoms with E-state index in [-0.39, 0.29) is 5.78 Å². The van der Waals surface area contributed by atoms with Gasteiger partial charge in [0.05, 0.1) is 36.6 Å². The molecule has 0 atom stereocenters. The number of ketones is 1. The summed E-state index contributed by atoms with van der Waals surface area (Å²) >= 11 is 1.49. The van der Waals surface area contributed by atoms with E-state index in [1.54, 1.807) is 38.5 Å². The summed E-state index contributed by atoms with van der Waals surface area (Å²) in [6.07, 6.45) is 1.82. The molecule has 0 aliphatic rings. The van der Waals surface area contributed by atoms with Crippen LogP contribution in [0.2, 0.25) is 0 Å². The lowest BCUT2D eigenvalue weighted by molar-refractivity contribution is 0.105. The Kier molecular flexibility index (Phi) is 6.52. The minimum absolute atomic E-state index is 0.128. The lowest BCUT2D eigenvalue weighted by Gasteiger charge is -2.10. The zero-order valence-electron chi connectivity index (χ0n) is 18.1. The van der Waals surface area contributed by atoms with E-state index in [9.17, 15) is 4.79 Å². The third kappa shape index (κ3) is 4.50. The molecule has 4 rings (SSSR count). The van der Waals surface area contributed by atoms with E-state index in [0.29, 0.717) is 34.3 Å². The first-order chi connectivity index (χ1) is 15.6. The fraction of sp³-hybridized carbons (Fsp3) is 0.154. The first-order valence-electron chi connectivity index (χ1n) is 10.2. The first kappa shape index (κ1) is 21.6. The zero-order valence-corrected chi connectivity index (χ0v) is 18.9. The van der Waals surface area contributed by atoms with E-state index in [2.05, 4.69) is 0 Å². The summed E-state index contributed by atoms with van der Waals surface area (Å²) in [5.74, 6) is 1.92. The summed E-state index contributed by atoms with van der Waals surface area (Å²) in [4.78, 5) is 18.4. The molecule has 1 aromatic heterocycles. The number of hydrogen-bond donors (Lipinski definition) is 0. The number of ether oxygens (including phenoxy) is 3. The molecule has 6 heteroatoms. The SMILES string of the molecule is CCOc1ccc(C(=O)/C(=C/c2cc(OC)ccc2OC)c2nc3ccccc3s2)cc1. The molecule has 4 aromatic rings. The number of rotatable bonds is 8. The molecule has 0 saturated carbocycles. The van der Waals surface area contributed by atoms with Gasteiger partial charge < -0.3 is 14.2 Å². The van der Waals surface area contributed by atoms with Crippen molar-refractivity contribution in [2.75, 3.05) is 20.8 Å². The van der Waals surface area contributed by atoms with Crippen LogP contribution in [0.4, 0.5) is 0 Å². The third-order valence-corrected chi connectivity index (χ3v) is 6.00. The summed E-state index contributed by atoms with van der Waals surface area (Å²) in [7, 11) is 3.21. The standard InChI is InChI=1S/C26H23NO4S/c1-4-31-19-11-9-17(10-12-19)25(28)21(26-27-22-7-5-6-8-24(22)32-26)16-18-15-20(29-2)13-14-23(18)30-3/h5-16H,4H2,1-3H3/b21-16-. The number of aromatic nitrogens is 1. The van der Waals surface area contributed by atoms with Gasteiger partial charge in [-0.05, 0) is 67.6 Å². The summed E-state index contributed by atoms with van der Waals surface area (Å²) in [6.45, 7) is 2.49. The highest BCUT2D eigenvalue weighted by Crippen LogP contribution is 2.34. The molecular formula is C26H23NO4S. The Hall–Kier alpha value is -3.64. The van der Waals surface area contributed by atoms with Gasteiger partial charge >= 0.3 is 0 Å². The number of thiazole rings is 1. The number of hydrogen-bond acceptors (Lipinski definition) is 6. The first-order valence-corrected chi connectivity index (χ1v) is 11.0. The Morgan fingerprint density at radius 2 is 1.72 bits per heavy atom. The second-order valence-corrected chi connectivity index (χ2v) is 7.97. The molecule has 0 aliphatic heterocycles. The van der Waals surface area contributed by atoms with Gasteiger partial charge in [-0.3, -0.25) is 4.79 Å². The van der Waals surface area contributed by atoms with Crippen molar-refractivity contribution in [1.29, 1.82) is 0 Å². The lowest BCUT2D eigenvalue weighted by Crippen LogP contribution is -2.03. The Bertz CT molecular complexity index is 1240. The smallest absolute Gasteiger partial charge is 0.196 e. The molecule has 5 nitrogen and oxygen atoms in total. The molecular weight excluding hydrogens is 422 g/mol. The van der Waals surface area contributed by atoms with Gasteiger partial charge in [0, 0.05) is 11.1 Å². The maximum Gasteiger partial charge on any atom is 0.196 e. The van der Waals surface area contributed by atoms with E-state index in [0.717, 1.165) is 21.5 Å². The van der Waals surface area contributed by atoms with Crippen LogP contribution in [-0.2, 0) is 0 Å². The van der Waals surface area contributed by atoms with Gasteiger partial charge in [0.1, 0.15) is 22.3 Å². The van der Waals surface area contributed by atoms with Crippen molar-refractivity contribution in [3.05, 3.63) is 82.9 Å². The van der Waals surface area contributed by atoms with Gasteiger partial charge in [0.25, 0.3) is 0 Å². The van der Waals surface area contributed by atoms with E-state index in [1.165, 1.54) is 11.3 Å². The molecule has 0 spiro atoms. The van der Waals surface area contributed by atoms with Crippen molar-refractivity contribution in [2.45, 2.75) is 6.92 Å². The minimum atomic E-state index is -0.128. The van der Waals surface area contributed by atoms with Gasteiger partial charge in [-0.15, -0.1) is 11.3 Å². The van der Waals surface area contributed by atoms with Crippen LogP contribution >= 0.6 is 11.3 Å². The Balaban J connectivity index is 1.85. The predicted octanol–water partition coefficient (Wildman–Crippen LogP) is 6.14. The fourth-order valence-corrected chi connectivity index (χ4v) is 4.32. The summed E-state index contributed by atoms with van der Waals surface area (Å²) in [5, 5.41) is 0.648. The normalized spacial score (nSPS) is 11.4. The number of carbonyl (C=O) groups excluding carboxylic acids is 1. The van der Waals surface area contributed by atoms with E-state index < -0.39 is 0 Å². The van der Waals surface area contributed by atoms with Gasteiger partial charge in [0.15, 0.2) is 5.78 Å². The largest absolute Gasteiger partial charge is 0.497 e. The van der Waals surface area contributed by atoms with Crippen molar-refractivity contribution < 1.29 is 19.0 Å². The van der Waals surface area contributed by atoms with Crippen LogP contribution in [0.1, 0.15) is 27.9 Å². The summed E-state index contributed by atoms with van der Waals surface area (Å²) in [5.41, 5.74) is 2.64. The van der Waals surface area contributed by atoms with Crippen LogP contribution < -0.4 is 14.2 Å². The number of para-hydroxylation sites is 1. The molecule has 0 bridgehead atoms. The molecule has 0 N–H and O–H groups in total. The lowest BCUT2D eigenvalue weighted by atomic mass is 10.0. The topological polar surface area (TPSA) is 57.7 Å². The maximum absolute atomic E-state index is 13.6. The van der Waals surface area contributed by atoms with Crippen molar-refractivity contribution in [3.8, 4) is 17.2 Å². The van der Waals surface area contributed by atoms with Crippen LogP contribution in [0, 0.1) is 0 Å². The molecule has 3 aromatic carbocycles. The highest BCUT2D eigenvalue weighted by Gasteiger charge is 2.20. The molecule has 0 unspecified atom stereocenters. The Morgan fingerprint density at radius 1 is 0.969 bits per heavy atom. The number of Topliss-reactive ketones (excluding diaryl/α,β-unsaturated/α-hetero) is 1. The quantitative estimate of drug-likeness (QED) is 0.241. The number of methoxy groups -OCH3 is 2. The summed E-state index contributed by atoms with van der Waals surface area (Å²) in [6, 6.07) is 20.5. The Labute approximate surface area is 190 Å². The maximum atomic E-state index is 13.6. The second kappa shape index (κ2) is 9.66. The average molecular weight is 446 g/mol. The van der Waals surface area contributed by atoms with Gasteiger partial charge in [0.2, 0.25) is 0 Å². The molecule has 1 heterocycles. The van der Waals surface area contributed by atoms with Crippen LogP contribution in [-0.4, -0.2) is 31.6 Å². The predicted molar refractivity (Wildman–Crippen MR) is 129 cm³/mol. The van der Waals surface area contributed by atoms with Gasteiger partial charge in [-0.25, -0.2) is 4.98 Å². The molecule has 0 saturated heterocycles. The molecule has 0 aliphatic carbocycles. The number of benzene rings is 3. The monoisotopic (exact) mass is 445 g/mol. The number of nitrogens with zero attached hydrogens (tertiary/aromatic N) is 1. The van der Waals surface area contributed by atoms with Crippen molar-refractivity contribution in [3.63, 3.8) is 0 Å². The third-order valence-electron chi connectivity index (χ3n) is 4.93. The molecule has 0 radical (unpaired) electrons. The number of fused-ring (bicyclic) bond motifs is 1. The van der Waals surface area contributed by atoms with Crippen molar-refractivity contribution >= 4 is 39.0 Å². The second-order valence-electron chi connectivity index (χ2n) is 6.94. The average Bonchev–Trinajstić information content (AvgIpc) is 3.26. The van der Waals surface area contributed by atoms with Crippen LogP contribution in [0.25, 0.3) is 21.9 Å². The van der Waals surface area contributed by atoms with Crippen molar-refractivity contribution in [1.82, 2.24) is 4.98 Å². The number of carbonyl (C=O) groups is 1. The van der Waals surface area contributed by atoms with Crippen LogP contribution in [0.5, 0.6) is 17.2 Å². The van der Waals surface area contributed by atoms with Gasteiger partial charge in [-0.1, -0.05) is 12.1 Å². The van der Waals surface area contributed by atoms with Crippen LogP contribution in [0.15, 0.2) is 66.7 Å².